The lowest BCUT2D eigenvalue weighted by molar-refractivity contribution is -0.111. The minimum atomic E-state index is -0.214. The molecule has 0 saturated heterocycles. The van der Waals surface area contributed by atoms with Gasteiger partial charge in [0.25, 0.3) is 0 Å². The maximum absolute atomic E-state index is 11.8. The third kappa shape index (κ3) is 4.01. The van der Waals surface area contributed by atoms with Crippen LogP contribution >= 0.6 is 11.6 Å². The third-order valence-electron chi connectivity index (χ3n) is 2.59. The van der Waals surface area contributed by atoms with Crippen molar-refractivity contribution in [1.29, 1.82) is 0 Å². The van der Waals surface area contributed by atoms with Crippen molar-refractivity contribution < 1.29 is 4.79 Å². The van der Waals surface area contributed by atoms with Gasteiger partial charge in [-0.3, -0.25) is 4.79 Å². The van der Waals surface area contributed by atoms with Crippen molar-refractivity contribution in [3.63, 3.8) is 0 Å². The van der Waals surface area contributed by atoms with E-state index in [0.717, 1.165) is 11.1 Å². The molecular formula is C17H12ClNO. The molecule has 2 aromatic carbocycles. The average molecular weight is 282 g/mol. The van der Waals surface area contributed by atoms with Crippen molar-refractivity contribution in [1.82, 2.24) is 0 Å². The van der Waals surface area contributed by atoms with Crippen LogP contribution in [0, 0.1) is 12.3 Å². The first-order valence-corrected chi connectivity index (χ1v) is 6.36. The van der Waals surface area contributed by atoms with Crippen molar-refractivity contribution in [3.05, 3.63) is 70.8 Å². The summed E-state index contributed by atoms with van der Waals surface area (Å²) in [7, 11) is 0. The summed E-state index contributed by atoms with van der Waals surface area (Å²) in [5.74, 6) is 2.31. The summed E-state index contributed by atoms with van der Waals surface area (Å²) in [4.78, 5) is 11.8. The molecule has 98 valence electrons. The Hall–Kier alpha value is -2.50. The standard InChI is InChI=1S/C17H12ClNO/c1-2-13-4-3-5-16(12-13)19-17(20)11-8-14-6-9-15(18)10-7-14/h1,3-12H,(H,19,20)/b11-8+. The van der Waals surface area contributed by atoms with Crippen LogP contribution in [0.1, 0.15) is 11.1 Å². The van der Waals surface area contributed by atoms with Crippen LogP contribution in [0.25, 0.3) is 6.08 Å². The number of rotatable bonds is 3. The Morgan fingerprint density at radius 3 is 2.65 bits per heavy atom. The van der Waals surface area contributed by atoms with E-state index in [1.54, 1.807) is 42.5 Å². The molecule has 2 rings (SSSR count). The van der Waals surface area contributed by atoms with Crippen LogP contribution in [-0.2, 0) is 4.79 Å². The first-order chi connectivity index (χ1) is 9.67. The van der Waals surface area contributed by atoms with Gasteiger partial charge in [-0.15, -0.1) is 6.42 Å². The Kier molecular flexibility index (Phi) is 4.60. The Morgan fingerprint density at radius 2 is 1.95 bits per heavy atom. The number of benzene rings is 2. The van der Waals surface area contributed by atoms with Crippen LogP contribution in [-0.4, -0.2) is 5.91 Å². The van der Waals surface area contributed by atoms with Gasteiger partial charge in [0.15, 0.2) is 0 Å². The summed E-state index contributed by atoms with van der Waals surface area (Å²) in [5.41, 5.74) is 2.30. The lowest BCUT2D eigenvalue weighted by Crippen LogP contribution is -2.07. The van der Waals surface area contributed by atoms with Gasteiger partial charge < -0.3 is 5.32 Å². The number of terminal acetylenes is 1. The molecule has 0 aliphatic heterocycles. The molecule has 0 saturated carbocycles. The molecule has 0 spiro atoms. The fourth-order valence-corrected chi connectivity index (χ4v) is 1.74. The quantitative estimate of drug-likeness (QED) is 0.669. The highest BCUT2D eigenvalue weighted by Gasteiger charge is 1.98. The Morgan fingerprint density at radius 1 is 1.20 bits per heavy atom. The van der Waals surface area contributed by atoms with E-state index in [-0.39, 0.29) is 5.91 Å². The number of nitrogens with one attached hydrogen (secondary N) is 1. The highest BCUT2D eigenvalue weighted by Crippen LogP contribution is 2.12. The summed E-state index contributed by atoms with van der Waals surface area (Å²) in [6, 6.07) is 14.4. The van der Waals surface area contributed by atoms with Gasteiger partial charge in [-0.05, 0) is 42.0 Å². The fraction of sp³-hybridized carbons (Fsp3) is 0. The van der Waals surface area contributed by atoms with E-state index < -0.39 is 0 Å². The van der Waals surface area contributed by atoms with Crippen molar-refractivity contribution in [3.8, 4) is 12.3 Å². The SMILES string of the molecule is C#Cc1cccc(NC(=O)/C=C/c2ccc(Cl)cc2)c1. The van der Waals surface area contributed by atoms with Gasteiger partial charge in [0.05, 0.1) is 0 Å². The molecule has 0 heterocycles. The first kappa shape index (κ1) is 13.9. The Bertz CT molecular complexity index is 681. The van der Waals surface area contributed by atoms with Gasteiger partial charge in [-0.2, -0.15) is 0 Å². The normalized spacial score (nSPS) is 10.2. The molecule has 0 unspecified atom stereocenters. The van der Waals surface area contributed by atoms with Crippen LogP contribution in [0.2, 0.25) is 5.02 Å². The van der Waals surface area contributed by atoms with Gasteiger partial charge in [0.1, 0.15) is 0 Å². The second kappa shape index (κ2) is 6.60. The molecule has 0 aromatic heterocycles. The lowest BCUT2D eigenvalue weighted by atomic mass is 10.2. The van der Waals surface area contributed by atoms with E-state index in [0.29, 0.717) is 10.7 Å². The van der Waals surface area contributed by atoms with E-state index in [2.05, 4.69) is 11.2 Å². The molecule has 0 atom stereocenters. The molecule has 0 bridgehead atoms. The zero-order valence-electron chi connectivity index (χ0n) is 10.6. The first-order valence-electron chi connectivity index (χ1n) is 5.99. The molecular weight excluding hydrogens is 270 g/mol. The molecule has 3 heteroatoms. The fourth-order valence-electron chi connectivity index (χ4n) is 1.62. The van der Waals surface area contributed by atoms with Crippen LogP contribution in [0.3, 0.4) is 0 Å². The van der Waals surface area contributed by atoms with Gasteiger partial charge in [0, 0.05) is 22.3 Å². The summed E-state index contributed by atoms with van der Waals surface area (Å²) < 4.78 is 0. The number of hydrogen-bond acceptors (Lipinski definition) is 1. The minimum Gasteiger partial charge on any atom is -0.322 e. The van der Waals surface area contributed by atoms with E-state index in [9.17, 15) is 4.79 Å². The highest BCUT2D eigenvalue weighted by atomic mass is 35.5. The lowest BCUT2D eigenvalue weighted by Gasteiger charge is -2.02. The second-order valence-corrected chi connectivity index (χ2v) is 4.54. The van der Waals surface area contributed by atoms with Crippen molar-refractivity contribution in [2.24, 2.45) is 0 Å². The number of amides is 1. The predicted octanol–water partition coefficient (Wildman–Crippen LogP) is 3.97. The number of halogens is 1. The Balaban J connectivity index is 2.02. The molecule has 2 aromatic rings. The van der Waals surface area contributed by atoms with Gasteiger partial charge in [-0.25, -0.2) is 0 Å². The molecule has 1 amide bonds. The molecule has 0 aliphatic rings. The van der Waals surface area contributed by atoms with Crippen molar-refractivity contribution >= 4 is 29.3 Å². The van der Waals surface area contributed by atoms with E-state index in [1.807, 2.05) is 12.1 Å². The largest absolute Gasteiger partial charge is 0.322 e. The molecule has 0 fully saturated rings. The van der Waals surface area contributed by atoms with Gasteiger partial charge in [0.2, 0.25) is 5.91 Å². The molecule has 2 nitrogen and oxygen atoms in total. The topological polar surface area (TPSA) is 29.1 Å². The maximum Gasteiger partial charge on any atom is 0.248 e. The zero-order chi connectivity index (χ0) is 14.4. The van der Waals surface area contributed by atoms with Crippen LogP contribution < -0.4 is 5.32 Å². The molecule has 20 heavy (non-hydrogen) atoms. The van der Waals surface area contributed by atoms with E-state index in [4.69, 9.17) is 18.0 Å². The smallest absolute Gasteiger partial charge is 0.248 e. The molecule has 0 aliphatic carbocycles. The van der Waals surface area contributed by atoms with Gasteiger partial charge >= 0.3 is 0 Å². The van der Waals surface area contributed by atoms with Crippen LogP contribution in [0.4, 0.5) is 5.69 Å². The Labute approximate surface area is 123 Å². The average Bonchev–Trinajstić information content (AvgIpc) is 2.47. The summed E-state index contributed by atoms with van der Waals surface area (Å²) in [6.45, 7) is 0. The van der Waals surface area contributed by atoms with Crippen molar-refractivity contribution in [2.45, 2.75) is 0 Å². The summed E-state index contributed by atoms with van der Waals surface area (Å²) >= 11 is 5.79. The molecule has 0 radical (unpaired) electrons. The minimum absolute atomic E-state index is 0.214. The summed E-state index contributed by atoms with van der Waals surface area (Å²) in [5, 5.41) is 3.42. The zero-order valence-corrected chi connectivity index (χ0v) is 11.4. The number of anilines is 1. The monoisotopic (exact) mass is 281 g/mol. The predicted molar refractivity (Wildman–Crippen MR) is 83.5 cm³/mol. The van der Waals surface area contributed by atoms with Crippen LogP contribution in [0.15, 0.2) is 54.6 Å². The highest BCUT2D eigenvalue weighted by molar-refractivity contribution is 6.30. The number of carbonyl (C=O) groups excluding carboxylic acids is 1. The van der Waals surface area contributed by atoms with E-state index in [1.165, 1.54) is 6.08 Å². The van der Waals surface area contributed by atoms with Gasteiger partial charge in [-0.1, -0.05) is 35.7 Å². The molecule has 1 N–H and O–H groups in total. The number of hydrogen-bond donors (Lipinski definition) is 1. The second-order valence-electron chi connectivity index (χ2n) is 4.10. The number of carbonyl (C=O) groups is 1. The third-order valence-corrected chi connectivity index (χ3v) is 2.85. The maximum atomic E-state index is 11.8. The van der Waals surface area contributed by atoms with Crippen molar-refractivity contribution in [2.75, 3.05) is 5.32 Å². The van der Waals surface area contributed by atoms with E-state index >= 15 is 0 Å². The van der Waals surface area contributed by atoms with Crippen LogP contribution in [0.5, 0.6) is 0 Å². The summed E-state index contributed by atoms with van der Waals surface area (Å²) in [6.07, 6.45) is 8.49.